The van der Waals surface area contributed by atoms with E-state index in [4.69, 9.17) is 11.6 Å². The van der Waals surface area contributed by atoms with Crippen molar-refractivity contribution in [3.63, 3.8) is 0 Å². The first-order valence-corrected chi connectivity index (χ1v) is 8.67. The summed E-state index contributed by atoms with van der Waals surface area (Å²) in [5, 5.41) is 5.67. The molecule has 2 aromatic carbocycles. The van der Waals surface area contributed by atoms with Crippen LogP contribution in [0.4, 0.5) is 5.69 Å². The Morgan fingerprint density at radius 2 is 1.96 bits per heavy atom. The molecule has 6 nitrogen and oxygen atoms in total. The standard InChI is InChI=1S/C19H19ClN4O2/c1-3-17-23-15-6-4-5-7-16(15)24(17)11-18(25)22-12-8-9-14(20)13(10-12)19(26)21-2/h4-10H,3,11H2,1-2H3,(H,21,26)(H,22,25). The van der Waals surface area contributed by atoms with E-state index >= 15 is 0 Å². The highest BCUT2D eigenvalue weighted by Gasteiger charge is 2.14. The molecule has 0 aliphatic heterocycles. The van der Waals surface area contributed by atoms with E-state index in [9.17, 15) is 9.59 Å². The first kappa shape index (κ1) is 17.9. The van der Waals surface area contributed by atoms with Crippen molar-refractivity contribution < 1.29 is 9.59 Å². The van der Waals surface area contributed by atoms with Gasteiger partial charge in [0.25, 0.3) is 5.91 Å². The van der Waals surface area contributed by atoms with Crippen LogP contribution in [-0.4, -0.2) is 28.4 Å². The zero-order valence-corrected chi connectivity index (χ0v) is 15.3. The van der Waals surface area contributed by atoms with Crippen molar-refractivity contribution in [3.8, 4) is 0 Å². The predicted molar refractivity (Wildman–Crippen MR) is 103 cm³/mol. The molecule has 2 N–H and O–H groups in total. The minimum absolute atomic E-state index is 0.140. The third-order valence-corrected chi connectivity index (χ3v) is 4.40. The molecule has 2 amide bonds. The number of carbonyl (C=O) groups excluding carboxylic acids is 2. The van der Waals surface area contributed by atoms with Crippen LogP contribution in [0.25, 0.3) is 11.0 Å². The SMILES string of the molecule is CCc1nc2ccccc2n1CC(=O)Nc1ccc(Cl)c(C(=O)NC)c1. The number of imidazole rings is 1. The average molecular weight is 371 g/mol. The first-order valence-electron chi connectivity index (χ1n) is 8.29. The van der Waals surface area contributed by atoms with Gasteiger partial charge in [-0.05, 0) is 30.3 Å². The van der Waals surface area contributed by atoms with Crippen molar-refractivity contribution in [2.75, 3.05) is 12.4 Å². The van der Waals surface area contributed by atoms with E-state index in [2.05, 4.69) is 15.6 Å². The monoisotopic (exact) mass is 370 g/mol. The molecular formula is C19H19ClN4O2. The molecule has 0 radical (unpaired) electrons. The lowest BCUT2D eigenvalue weighted by Gasteiger charge is -2.11. The molecule has 0 unspecified atom stereocenters. The number of nitrogens with one attached hydrogen (secondary N) is 2. The quantitative estimate of drug-likeness (QED) is 0.723. The molecule has 26 heavy (non-hydrogen) atoms. The van der Waals surface area contributed by atoms with Gasteiger partial charge in [0.15, 0.2) is 0 Å². The molecule has 0 saturated carbocycles. The Bertz CT molecular complexity index is 981. The van der Waals surface area contributed by atoms with Gasteiger partial charge >= 0.3 is 0 Å². The van der Waals surface area contributed by atoms with E-state index < -0.39 is 0 Å². The molecule has 0 saturated heterocycles. The van der Waals surface area contributed by atoms with E-state index in [1.54, 1.807) is 18.2 Å². The maximum absolute atomic E-state index is 12.5. The van der Waals surface area contributed by atoms with Crippen molar-refractivity contribution in [1.29, 1.82) is 0 Å². The third-order valence-electron chi connectivity index (χ3n) is 4.07. The summed E-state index contributed by atoms with van der Waals surface area (Å²) in [6.07, 6.45) is 0.726. The Hall–Kier alpha value is -2.86. The number of benzene rings is 2. The molecule has 3 rings (SSSR count). The Morgan fingerprint density at radius 3 is 2.69 bits per heavy atom. The largest absolute Gasteiger partial charge is 0.355 e. The molecule has 0 bridgehead atoms. The van der Waals surface area contributed by atoms with Crippen LogP contribution in [0.3, 0.4) is 0 Å². The summed E-state index contributed by atoms with van der Waals surface area (Å²) in [5.74, 6) is 0.344. The highest BCUT2D eigenvalue weighted by Crippen LogP contribution is 2.21. The lowest BCUT2D eigenvalue weighted by atomic mass is 10.2. The highest BCUT2D eigenvalue weighted by molar-refractivity contribution is 6.34. The van der Waals surface area contributed by atoms with Crippen LogP contribution in [-0.2, 0) is 17.8 Å². The summed E-state index contributed by atoms with van der Waals surface area (Å²) in [6, 6.07) is 12.5. The lowest BCUT2D eigenvalue weighted by Crippen LogP contribution is -2.21. The summed E-state index contributed by atoms with van der Waals surface area (Å²) in [7, 11) is 1.53. The van der Waals surface area contributed by atoms with Gasteiger partial charge in [-0.1, -0.05) is 30.7 Å². The van der Waals surface area contributed by atoms with Gasteiger partial charge in [0.2, 0.25) is 5.91 Å². The fourth-order valence-electron chi connectivity index (χ4n) is 2.83. The molecule has 1 heterocycles. The van der Waals surface area contributed by atoms with Crippen LogP contribution in [0.15, 0.2) is 42.5 Å². The van der Waals surface area contributed by atoms with Gasteiger partial charge in [-0.15, -0.1) is 0 Å². The van der Waals surface area contributed by atoms with Crippen molar-refractivity contribution in [1.82, 2.24) is 14.9 Å². The Labute approximate surface area is 156 Å². The first-order chi connectivity index (χ1) is 12.5. The number of halogens is 1. The Balaban J connectivity index is 1.83. The molecule has 134 valence electrons. The smallest absolute Gasteiger partial charge is 0.252 e. The number of rotatable bonds is 5. The van der Waals surface area contributed by atoms with Gasteiger partial charge in [-0.3, -0.25) is 9.59 Å². The van der Waals surface area contributed by atoms with Gasteiger partial charge in [0, 0.05) is 19.2 Å². The Morgan fingerprint density at radius 1 is 1.19 bits per heavy atom. The molecule has 0 aliphatic carbocycles. The molecule has 3 aromatic rings. The summed E-state index contributed by atoms with van der Waals surface area (Å²) in [5.41, 5.74) is 2.61. The van der Waals surface area contributed by atoms with Crippen LogP contribution in [0, 0.1) is 0 Å². The van der Waals surface area contributed by atoms with Crippen molar-refractivity contribution in [2.45, 2.75) is 19.9 Å². The van der Waals surface area contributed by atoms with Gasteiger partial charge in [0.05, 0.1) is 21.6 Å². The minimum atomic E-state index is -0.306. The molecule has 1 aromatic heterocycles. The van der Waals surface area contributed by atoms with Crippen molar-refractivity contribution in [3.05, 3.63) is 58.9 Å². The van der Waals surface area contributed by atoms with Crippen molar-refractivity contribution >= 4 is 40.1 Å². The molecule has 0 atom stereocenters. The second kappa shape index (κ2) is 7.58. The van der Waals surface area contributed by atoms with Crippen LogP contribution in [0.1, 0.15) is 23.1 Å². The number of hydrogen-bond acceptors (Lipinski definition) is 3. The number of fused-ring (bicyclic) bond motifs is 1. The molecule has 0 fully saturated rings. The average Bonchev–Trinajstić information content (AvgIpc) is 3.00. The summed E-state index contributed by atoms with van der Waals surface area (Å²) in [6.45, 7) is 2.14. The van der Waals surface area contributed by atoms with Gasteiger partial charge < -0.3 is 15.2 Å². The second-order valence-electron chi connectivity index (χ2n) is 5.78. The van der Waals surface area contributed by atoms with E-state index in [-0.39, 0.29) is 18.4 Å². The number of para-hydroxylation sites is 2. The number of aromatic nitrogens is 2. The van der Waals surface area contributed by atoms with Gasteiger partial charge in [0.1, 0.15) is 12.4 Å². The van der Waals surface area contributed by atoms with Crippen LogP contribution in [0.2, 0.25) is 5.02 Å². The number of amides is 2. The van der Waals surface area contributed by atoms with E-state index in [1.165, 1.54) is 7.05 Å². The van der Waals surface area contributed by atoms with Crippen LogP contribution < -0.4 is 10.6 Å². The van der Waals surface area contributed by atoms with E-state index in [0.717, 1.165) is 23.3 Å². The molecule has 0 aliphatic rings. The molecule has 0 spiro atoms. The summed E-state index contributed by atoms with van der Waals surface area (Å²) in [4.78, 5) is 28.9. The normalized spacial score (nSPS) is 10.7. The number of aryl methyl sites for hydroxylation is 1. The van der Waals surface area contributed by atoms with Gasteiger partial charge in [-0.25, -0.2) is 4.98 Å². The topological polar surface area (TPSA) is 76.0 Å². The number of carbonyl (C=O) groups is 2. The minimum Gasteiger partial charge on any atom is -0.355 e. The predicted octanol–water partition coefficient (Wildman–Crippen LogP) is 3.25. The second-order valence-corrected chi connectivity index (χ2v) is 6.19. The fraction of sp³-hybridized carbons (Fsp3) is 0.211. The number of anilines is 1. The summed E-state index contributed by atoms with van der Waals surface area (Å²) >= 11 is 6.04. The lowest BCUT2D eigenvalue weighted by molar-refractivity contribution is -0.116. The zero-order chi connectivity index (χ0) is 18.7. The fourth-order valence-corrected chi connectivity index (χ4v) is 3.03. The third kappa shape index (κ3) is 3.55. The van der Waals surface area contributed by atoms with Crippen LogP contribution >= 0.6 is 11.6 Å². The maximum Gasteiger partial charge on any atom is 0.252 e. The molecule has 7 heteroatoms. The number of nitrogens with zero attached hydrogens (tertiary/aromatic N) is 2. The van der Waals surface area contributed by atoms with E-state index in [1.807, 2.05) is 35.8 Å². The number of hydrogen-bond donors (Lipinski definition) is 2. The maximum atomic E-state index is 12.5. The van der Waals surface area contributed by atoms with Gasteiger partial charge in [-0.2, -0.15) is 0 Å². The Kier molecular flexibility index (Phi) is 5.23. The van der Waals surface area contributed by atoms with E-state index in [0.29, 0.717) is 16.3 Å². The zero-order valence-electron chi connectivity index (χ0n) is 14.5. The summed E-state index contributed by atoms with van der Waals surface area (Å²) < 4.78 is 1.90. The highest BCUT2D eigenvalue weighted by atomic mass is 35.5. The molecular weight excluding hydrogens is 352 g/mol. The van der Waals surface area contributed by atoms with Crippen molar-refractivity contribution in [2.24, 2.45) is 0 Å². The van der Waals surface area contributed by atoms with Crippen LogP contribution in [0.5, 0.6) is 0 Å².